The maximum atomic E-state index is 11.4. The zero-order chi connectivity index (χ0) is 12.0. The van der Waals surface area contributed by atoms with E-state index in [4.69, 9.17) is 0 Å². The smallest absolute Gasteiger partial charge is 0.159 e. The van der Waals surface area contributed by atoms with E-state index in [0.29, 0.717) is 0 Å². The Morgan fingerprint density at radius 2 is 2.00 bits per heavy atom. The summed E-state index contributed by atoms with van der Waals surface area (Å²) in [5.41, 5.74) is 2.95. The molecular formula is C14H12N2O. The molecular weight excluding hydrogens is 212 g/mol. The lowest BCUT2D eigenvalue weighted by Crippen LogP contribution is -1.93. The highest BCUT2D eigenvalue weighted by Gasteiger charge is 2.09. The molecule has 3 nitrogen and oxygen atoms in total. The van der Waals surface area contributed by atoms with Gasteiger partial charge >= 0.3 is 0 Å². The van der Waals surface area contributed by atoms with Gasteiger partial charge in [-0.2, -0.15) is 0 Å². The standard InChI is InChI=1S/C14H12N2O/c1-9(17)10-3-4-11-12-8-15-6-5-13(12)16(2)14(11)7-10/h3-8H,1-2H3. The van der Waals surface area contributed by atoms with Crippen LogP contribution < -0.4 is 0 Å². The third-order valence-electron chi connectivity index (χ3n) is 3.22. The van der Waals surface area contributed by atoms with E-state index in [2.05, 4.69) is 9.55 Å². The van der Waals surface area contributed by atoms with Crippen molar-refractivity contribution in [3.05, 3.63) is 42.2 Å². The fourth-order valence-corrected chi connectivity index (χ4v) is 2.27. The van der Waals surface area contributed by atoms with E-state index < -0.39 is 0 Å². The van der Waals surface area contributed by atoms with Gasteiger partial charge in [-0.05, 0) is 19.1 Å². The molecule has 17 heavy (non-hydrogen) atoms. The summed E-state index contributed by atoms with van der Waals surface area (Å²) < 4.78 is 2.10. The normalized spacial score (nSPS) is 11.2. The van der Waals surface area contributed by atoms with Gasteiger partial charge in [-0.3, -0.25) is 9.78 Å². The van der Waals surface area contributed by atoms with Gasteiger partial charge in [-0.25, -0.2) is 0 Å². The van der Waals surface area contributed by atoms with Gasteiger partial charge in [0.2, 0.25) is 0 Å². The Bertz CT molecular complexity index is 740. The SMILES string of the molecule is CC(=O)c1ccc2c3cnccc3n(C)c2c1. The quantitative estimate of drug-likeness (QED) is 0.596. The molecule has 0 aliphatic heterocycles. The van der Waals surface area contributed by atoms with Crippen molar-refractivity contribution in [3.63, 3.8) is 0 Å². The van der Waals surface area contributed by atoms with Gasteiger partial charge in [-0.1, -0.05) is 12.1 Å². The number of fused-ring (bicyclic) bond motifs is 3. The van der Waals surface area contributed by atoms with E-state index in [1.807, 2.05) is 37.5 Å². The predicted molar refractivity (Wildman–Crippen MR) is 68.2 cm³/mol. The van der Waals surface area contributed by atoms with Gasteiger partial charge in [0, 0.05) is 41.3 Å². The average molecular weight is 224 g/mol. The second-order valence-electron chi connectivity index (χ2n) is 4.24. The second kappa shape index (κ2) is 3.42. The van der Waals surface area contributed by atoms with E-state index in [-0.39, 0.29) is 5.78 Å². The molecule has 0 spiro atoms. The van der Waals surface area contributed by atoms with Crippen LogP contribution >= 0.6 is 0 Å². The van der Waals surface area contributed by atoms with Gasteiger partial charge in [0.15, 0.2) is 5.78 Å². The summed E-state index contributed by atoms with van der Waals surface area (Å²) in [6, 6.07) is 7.80. The Morgan fingerprint density at radius 1 is 1.18 bits per heavy atom. The van der Waals surface area contributed by atoms with E-state index in [1.165, 1.54) is 0 Å². The minimum Gasteiger partial charge on any atom is -0.343 e. The summed E-state index contributed by atoms with van der Waals surface area (Å²) in [5.74, 6) is 0.0929. The van der Waals surface area contributed by atoms with E-state index in [0.717, 1.165) is 27.4 Å². The van der Waals surface area contributed by atoms with Crippen molar-refractivity contribution in [3.8, 4) is 0 Å². The molecule has 0 amide bonds. The number of pyridine rings is 1. The molecule has 0 N–H and O–H groups in total. The minimum atomic E-state index is 0.0929. The lowest BCUT2D eigenvalue weighted by Gasteiger charge is -1.99. The highest BCUT2D eigenvalue weighted by Crippen LogP contribution is 2.27. The Morgan fingerprint density at radius 3 is 2.76 bits per heavy atom. The van der Waals surface area contributed by atoms with Crippen LogP contribution in [-0.4, -0.2) is 15.3 Å². The largest absolute Gasteiger partial charge is 0.343 e. The number of carbonyl (C=O) groups excluding carboxylic acids is 1. The summed E-state index contributed by atoms with van der Waals surface area (Å²) in [7, 11) is 2.01. The van der Waals surface area contributed by atoms with Crippen molar-refractivity contribution in [1.29, 1.82) is 0 Å². The number of aromatic nitrogens is 2. The highest BCUT2D eigenvalue weighted by atomic mass is 16.1. The van der Waals surface area contributed by atoms with Gasteiger partial charge in [0.25, 0.3) is 0 Å². The predicted octanol–water partition coefficient (Wildman–Crippen LogP) is 2.93. The van der Waals surface area contributed by atoms with Crippen LogP contribution in [0.2, 0.25) is 0 Å². The van der Waals surface area contributed by atoms with Crippen LogP contribution in [0.15, 0.2) is 36.7 Å². The Kier molecular flexibility index (Phi) is 2.01. The van der Waals surface area contributed by atoms with E-state index in [9.17, 15) is 4.79 Å². The molecule has 0 radical (unpaired) electrons. The molecule has 0 unspecified atom stereocenters. The maximum absolute atomic E-state index is 11.4. The van der Waals surface area contributed by atoms with Crippen LogP contribution in [0.25, 0.3) is 21.8 Å². The molecule has 0 fully saturated rings. The summed E-state index contributed by atoms with van der Waals surface area (Å²) in [5, 5.41) is 2.26. The lowest BCUT2D eigenvalue weighted by atomic mass is 10.1. The summed E-state index contributed by atoms with van der Waals surface area (Å²) in [4.78, 5) is 15.5. The van der Waals surface area contributed by atoms with Crippen molar-refractivity contribution < 1.29 is 4.79 Å². The number of aryl methyl sites for hydroxylation is 1. The molecule has 3 heteroatoms. The first-order chi connectivity index (χ1) is 8.18. The first-order valence-corrected chi connectivity index (χ1v) is 5.51. The molecule has 1 aromatic carbocycles. The van der Waals surface area contributed by atoms with E-state index in [1.54, 1.807) is 13.1 Å². The minimum absolute atomic E-state index is 0.0929. The Hall–Kier alpha value is -2.16. The van der Waals surface area contributed by atoms with Crippen LogP contribution in [0.5, 0.6) is 0 Å². The van der Waals surface area contributed by atoms with Crippen LogP contribution in [0.4, 0.5) is 0 Å². The van der Waals surface area contributed by atoms with Crippen LogP contribution in [0.3, 0.4) is 0 Å². The Labute approximate surface area is 98.7 Å². The van der Waals surface area contributed by atoms with Gasteiger partial charge in [0.1, 0.15) is 0 Å². The van der Waals surface area contributed by atoms with Crippen molar-refractivity contribution in [2.75, 3.05) is 0 Å². The third kappa shape index (κ3) is 1.35. The van der Waals surface area contributed by atoms with Crippen LogP contribution in [0.1, 0.15) is 17.3 Å². The number of Topliss-reactive ketones (excluding diaryl/α,β-unsaturated/α-hetero) is 1. The average Bonchev–Trinajstić information content (AvgIpc) is 2.64. The topological polar surface area (TPSA) is 34.9 Å². The molecule has 2 aromatic heterocycles. The zero-order valence-corrected chi connectivity index (χ0v) is 9.77. The first kappa shape index (κ1) is 10.0. The second-order valence-corrected chi connectivity index (χ2v) is 4.24. The van der Waals surface area contributed by atoms with Crippen LogP contribution in [0, 0.1) is 0 Å². The zero-order valence-electron chi connectivity index (χ0n) is 9.77. The molecule has 0 aliphatic rings. The molecule has 3 aromatic rings. The monoisotopic (exact) mass is 224 g/mol. The van der Waals surface area contributed by atoms with Gasteiger partial charge in [0.05, 0.1) is 5.52 Å². The summed E-state index contributed by atoms with van der Waals surface area (Å²) in [6.45, 7) is 1.59. The van der Waals surface area contributed by atoms with Gasteiger partial charge in [-0.15, -0.1) is 0 Å². The third-order valence-corrected chi connectivity index (χ3v) is 3.22. The molecule has 0 saturated carbocycles. The van der Waals surface area contributed by atoms with Gasteiger partial charge < -0.3 is 4.57 Å². The number of benzene rings is 1. The van der Waals surface area contributed by atoms with E-state index >= 15 is 0 Å². The molecule has 0 bridgehead atoms. The number of rotatable bonds is 1. The fraction of sp³-hybridized carbons (Fsp3) is 0.143. The fourth-order valence-electron chi connectivity index (χ4n) is 2.27. The lowest BCUT2D eigenvalue weighted by molar-refractivity contribution is 0.101. The first-order valence-electron chi connectivity index (χ1n) is 5.51. The Balaban J connectivity index is 2.49. The molecule has 3 rings (SSSR count). The van der Waals surface area contributed by atoms with Crippen molar-refractivity contribution >= 4 is 27.6 Å². The van der Waals surface area contributed by atoms with Crippen LogP contribution in [-0.2, 0) is 7.05 Å². The molecule has 0 atom stereocenters. The number of nitrogens with zero attached hydrogens (tertiary/aromatic N) is 2. The highest BCUT2D eigenvalue weighted by molar-refractivity contribution is 6.09. The maximum Gasteiger partial charge on any atom is 0.159 e. The molecule has 0 saturated heterocycles. The molecule has 2 heterocycles. The molecule has 84 valence electrons. The number of hydrogen-bond donors (Lipinski definition) is 0. The number of hydrogen-bond acceptors (Lipinski definition) is 2. The van der Waals surface area contributed by atoms with Crippen molar-refractivity contribution in [2.45, 2.75) is 6.92 Å². The summed E-state index contributed by atoms with van der Waals surface area (Å²) >= 11 is 0. The van der Waals surface area contributed by atoms with Crippen molar-refractivity contribution in [2.24, 2.45) is 7.05 Å². The number of ketones is 1. The number of carbonyl (C=O) groups is 1. The van der Waals surface area contributed by atoms with Crippen molar-refractivity contribution in [1.82, 2.24) is 9.55 Å². The molecule has 0 aliphatic carbocycles. The summed E-state index contributed by atoms with van der Waals surface area (Å²) in [6.07, 6.45) is 3.65.